The van der Waals surface area contributed by atoms with Crippen LogP contribution in [0.25, 0.3) is 0 Å². The van der Waals surface area contributed by atoms with Gasteiger partial charge in [-0.05, 0) is 0 Å². The average Bonchev–Trinajstić information content (AvgIpc) is 1.38. The van der Waals surface area contributed by atoms with E-state index in [1.54, 1.807) is 0 Å². The number of thiol groups is 1. The summed E-state index contributed by atoms with van der Waals surface area (Å²) in [5.74, 6) is 0. The molecule has 0 spiro atoms. The highest BCUT2D eigenvalue weighted by Gasteiger charge is 1.77. The van der Waals surface area contributed by atoms with Crippen LogP contribution in [0, 0.1) is 0 Å². The fourth-order valence-electron chi connectivity index (χ4n) is 0. The number of carbonyl (C=O) groups excluding carboxylic acids is 1. The molecule has 0 rings (SSSR count). The molecule has 2 nitrogen and oxygen atoms in total. The van der Waals surface area contributed by atoms with Gasteiger partial charge in [0, 0.05) is 0 Å². The second kappa shape index (κ2) is 2.08. The third-order valence-corrected chi connectivity index (χ3v) is 0.357. The number of ether oxygens (including phenoxy) is 1. The highest BCUT2D eigenvalue weighted by Crippen LogP contribution is 1.77. The van der Waals surface area contributed by atoms with Crippen LogP contribution >= 0.6 is 12.6 Å². The third kappa shape index (κ3) is 3.82. The molecule has 0 fully saturated rings. The Morgan fingerprint density at radius 3 is 2.20 bits per heavy atom. The lowest BCUT2D eigenvalue weighted by Gasteiger charge is -1.79. The van der Waals surface area contributed by atoms with Crippen molar-refractivity contribution in [3.63, 3.8) is 0 Å². The Kier molecular flexibility index (Phi) is 2.01. The molecule has 30 valence electrons. The number of hydrogen-bond acceptors (Lipinski definition) is 2. The Hall–Kier alpha value is -0.180. The van der Waals surface area contributed by atoms with Crippen molar-refractivity contribution in [3.8, 4) is 0 Å². The van der Waals surface area contributed by atoms with Crippen molar-refractivity contribution in [1.29, 1.82) is 0 Å². The standard InChI is InChI=1S/C2H4O2S/c1-4-2(3)5/h1H3,(H,3,5). The van der Waals surface area contributed by atoms with Gasteiger partial charge in [0.2, 0.25) is 0 Å². The fourth-order valence-corrected chi connectivity index (χ4v) is 0. The van der Waals surface area contributed by atoms with Crippen LogP contribution in [0.5, 0.6) is 0 Å². The van der Waals surface area contributed by atoms with E-state index in [4.69, 9.17) is 0 Å². The first kappa shape index (κ1) is 4.82. The van der Waals surface area contributed by atoms with Crippen LogP contribution in [-0.2, 0) is 4.74 Å². The minimum absolute atomic E-state index is 0.551. The normalized spacial score (nSPS) is 6.80. The van der Waals surface area contributed by atoms with Gasteiger partial charge in [-0.3, -0.25) is 0 Å². The molecule has 0 aliphatic carbocycles. The number of rotatable bonds is 0. The van der Waals surface area contributed by atoms with E-state index in [1.165, 1.54) is 7.11 Å². The zero-order valence-corrected chi connectivity index (χ0v) is 3.66. The quantitative estimate of drug-likeness (QED) is 0.351. The van der Waals surface area contributed by atoms with Crippen molar-refractivity contribution in [2.75, 3.05) is 7.11 Å². The second-order valence-electron chi connectivity index (χ2n) is 0.470. The van der Waals surface area contributed by atoms with Crippen molar-refractivity contribution >= 4 is 17.9 Å². The molecule has 3 heteroatoms. The first-order valence-corrected chi connectivity index (χ1v) is 1.49. The van der Waals surface area contributed by atoms with Crippen molar-refractivity contribution in [1.82, 2.24) is 0 Å². The van der Waals surface area contributed by atoms with Gasteiger partial charge in [0.15, 0.2) is 0 Å². The summed E-state index contributed by atoms with van der Waals surface area (Å²) in [5, 5.41) is -0.551. The van der Waals surface area contributed by atoms with Crippen LogP contribution in [0.3, 0.4) is 0 Å². The molecule has 0 saturated heterocycles. The molecule has 0 bridgehead atoms. The van der Waals surface area contributed by atoms with E-state index in [-0.39, 0.29) is 0 Å². The van der Waals surface area contributed by atoms with Crippen molar-refractivity contribution in [3.05, 3.63) is 0 Å². The summed E-state index contributed by atoms with van der Waals surface area (Å²) in [6, 6.07) is 0. The van der Waals surface area contributed by atoms with Crippen LogP contribution in [0.1, 0.15) is 0 Å². The predicted octanol–water partition coefficient (Wildman–Crippen LogP) is 0.683. The Morgan fingerprint density at radius 1 is 2.00 bits per heavy atom. The summed E-state index contributed by atoms with van der Waals surface area (Å²) in [6.45, 7) is 0. The maximum absolute atomic E-state index is 9.45. The van der Waals surface area contributed by atoms with Gasteiger partial charge in [0.1, 0.15) is 0 Å². The summed E-state index contributed by atoms with van der Waals surface area (Å²) < 4.78 is 3.98. The van der Waals surface area contributed by atoms with Gasteiger partial charge >= 0.3 is 5.30 Å². The van der Waals surface area contributed by atoms with Gasteiger partial charge in [0.05, 0.1) is 7.11 Å². The molecule has 0 unspecified atom stereocenters. The number of hydrogen-bond donors (Lipinski definition) is 1. The molecule has 0 aliphatic heterocycles. The largest absolute Gasteiger partial charge is 0.461 e. The van der Waals surface area contributed by atoms with Gasteiger partial charge < -0.3 is 4.74 Å². The van der Waals surface area contributed by atoms with Crippen LogP contribution in [0.15, 0.2) is 0 Å². The number of carbonyl (C=O) groups is 1. The maximum atomic E-state index is 9.45. The lowest BCUT2D eigenvalue weighted by Crippen LogP contribution is -1.80. The minimum Gasteiger partial charge on any atom is -0.461 e. The summed E-state index contributed by atoms with van der Waals surface area (Å²) in [6.07, 6.45) is 0. The molecule has 0 amide bonds. The van der Waals surface area contributed by atoms with E-state index in [9.17, 15) is 4.79 Å². The Labute approximate surface area is 35.5 Å². The monoisotopic (exact) mass is 92.0 g/mol. The molecule has 0 aliphatic rings. The molecule has 0 heterocycles. The van der Waals surface area contributed by atoms with Crippen molar-refractivity contribution in [2.24, 2.45) is 0 Å². The molecule has 5 heavy (non-hydrogen) atoms. The van der Waals surface area contributed by atoms with Gasteiger partial charge in [-0.1, -0.05) is 12.6 Å². The smallest absolute Gasteiger partial charge is 0.363 e. The third-order valence-electron chi connectivity index (χ3n) is 0.175. The highest BCUT2D eigenvalue weighted by molar-refractivity contribution is 7.96. The zero-order valence-electron chi connectivity index (χ0n) is 2.76. The molecule has 0 N–H and O–H groups in total. The van der Waals surface area contributed by atoms with E-state index < -0.39 is 5.30 Å². The summed E-state index contributed by atoms with van der Waals surface area (Å²) >= 11 is 3.24. The fraction of sp³-hybridized carbons (Fsp3) is 0.500. The second-order valence-corrected chi connectivity index (χ2v) is 0.835. The lowest BCUT2D eigenvalue weighted by molar-refractivity contribution is 0.201. The molecule has 0 aromatic carbocycles. The molecule has 0 saturated carbocycles. The molecule has 0 radical (unpaired) electrons. The average molecular weight is 92.1 g/mol. The topological polar surface area (TPSA) is 26.3 Å². The summed E-state index contributed by atoms with van der Waals surface area (Å²) in [4.78, 5) is 9.45. The molecular weight excluding hydrogens is 88.1 g/mol. The van der Waals surface area contributed by atoms with Crippen LogP contribution < -0.4 is 0 Å². The van der Waals surface area contributed by atoms with E-state index in [0.29, 0.717) is 0 Å². The maximum Gasteiger partial charge on any atom is 0.363 e. The number of methoxy groups -OCH3 is 1. The SMILES string of the molecule is COC(=O)S. The molecule has 0 atom stereocenters. The zero-order chi connectivity index (χ0) is 4.28. The molecule has 0 aromatic rings. The van der Waals surface area contributed by atoms with Crippen LogP contribution in [0.4, 0.5) is 4.79 Å². The first-order chi connectivity index (χ1) is 2.27. The lowest BCUT2D eigenvalue weighted by atomic mass is 11.5. The summed E-state index contributed by atoms with van der Waals surface area (Å²) in [7, 11) is 1.27. The van der Waals surface area contributed by atoms with Gasteiger partial charge in [-0.15, -0.1) is 0 Å². The van der Waals surface area contributed by atoms with Gasteiger partial charge in [-0.2, -0.15) is 0 Å². The van der Waals surface area contributed by atoms with Crippen molar-refractivity contribution < 1.29 is 9.53 Å². The van der Waals surface area contributed by atoms with Crippen LogP contribution in [-0.4, -0.2) is 12.4 Å². The van der Waals surface area contributed by atoms with E-state index >= 15 is 0 Å². The minimum atomic E-state index is -0.551. The molecule has 0 aromatic heterocycles. The first-order valence-electron chi connectivity index (χ1n) is 1.04. The summed E-state index contributed by atoms with van der Waals surface area (Å²) in [5.41, 5.74) is 0. The highest BCUT2D eigenvalue weighted by atomic mass is 32.1. The predicted molar refractivity (Wildman–Crippen MR) is 21.4 cm³/mol. The van der Waals surface area contributed by atoms with Crippen LogP contribution in [0.2, 0.25) is 0 Å². The van der Waals surface area contributed by atoms with Gasteiger partial charge in [0.25, 0.3) is 0 Å². The Balaban J connectivity index is 2.85. The molecular formula is C2H4O2S. The Bertz CT molecular complexity index is 42.9. The van der Waals surface area contributed by atoms with Crippen molar-refractivity contribution in [2.45, 2.75) is 0 Å². The van der Waals surface area contributed by atoms with E-state index in [1.807, 2.05) is 0 Å². The Morgan fingerprint density at radius 2 is 2.20 bits per heavy atom. The van der Waals surface area contributed by atoms with E-state index in [0.717, 1.165) is 0 Å². The van der Waals surface area contributed by atoms with Gasteiger partial charge in [-0.25, -0.2) is 4.79 Å². The van der Waals surface area contributed by atoms with E-state index in [2.05, 4.69) is 17.4 Å².